The summed E-state index contributed by atoms with van der Waals surface area (Å²) in [6.45, 7) is 7.44. The predicted octanol–water partition coefficient (Wildman–Crippen LogP) is 2.58. The average molecular weight is 353 g/mol. The summed E-state index contributed by atoms with van der Waals surface area (Å²) in [4.78, 5) is 2.74. The molecule has 3 rings (SSSR count). The molecule has 1 aromatic carbocycles. The van der Waals surface area contributed by atoms with Crippen LogP contribution in [0.3, 0.4) is 0 Å². The molecule has 0 N–H and O–H groups in total. The van der Waals surface area contributed by atoms with Crippen LogP contribution in [0.2, 0.25) is 0 Å². The van der Waals surface area contributed by atoms with E-state index >= 15 is 0 Å². The van der Waals surface area contributed by atoms with Gasteiger partial charge in [0.15, 0.2) is 0 Å². The Balaban J connectivity index is 1.83. The monoisotopic (exact) mass is 352 g/mol. The van der Waals surface area contributed by atoms with Gasteiger partial charge >= 0.3 is 0 Å². The number of hydrogen-bond acceptors (Lipinski definition) is 4. The SMILES string of the molecule is CC(C)CCN1CC[C@@H]2[C@@H](CC1)Oc1ccccc1S(=O)(=O)N2C. The van der Waals surface area contributed by atoms with Crippen LogP contribution in [0.1, 0.15) is 33.1 Å². The van der Waals surface area contributed by atoms with Crippen LogP contribution in [0.15, 0.2) is 29.2 Å². The molecule has 1 saturated heterocycles. The molecule has 5 nitrogen and oxygen atoms in total. The molecular formula is C18H28N2O3S. The van der Waals surface area contributed by atoms with Gasteiger partial charge in [-0.3, -0.25) is 0 Å². The Bertz CT molecular complexity index is 675. The van der Waals surface area contributed by atoms with Crippen molar-refractivity contribution in [3.63, 3.8) is 0 Å². The maximum Gasteiger partial charge on any atom is 0.246 e. The summed E-state index contributed by atoms with van der Waals surface area (Å²) >= 11 is 0. The largest absolute Gasteiger partial charge is 0.487 e. The Morgan fingerprint density at radius 1 is 1.21 bits per heavy atom. The second-order valence-corrected chi connectivity index (χ2v) is 9.26. The molecule has 134 valence electrons. The van der Waals surface area contributed by atoms with E-state index in [1.807, 2.05) is 6.07 Å². The fraction of sp³-hybridized carbons (Fsp3) is 0.667. The van der Waals surface area contributed by atoms with E-state index in [0.717, 1.165) is 32.5 Å². The number of hydrogen-bond donors (Lipinski definition) is 0. The summed E-state index contributed by atoms with van der Waals surface area (Å²) in [5.74, 6) is 1.18. The highest BCUT2D eigenvalue weighted by molar-refractivity contribution is 7.89. The fourth-order valence-electron chi connectivity index (χ4n) is 3.59. The molecule has 1 fully saturated rings. The van der Waals surface area contributed by atoms with Crippen LogP contribution >= 0.6 is 0 Å². The zero-order valence-corrected chi connectivity index (χ0v) is 15.6. The summed E-state index contributed by atoms with van der Waals surface area (Å²) in [7, 11) is -1.80. The minimum atomic E-state index is -3.50. The van der Waals surface area contributed by atoms with Gasteiger partial charge in [0.05, 0.1) is 6.04 Å². The molecule has 6 heteroatoms. The average Bonchev–Trinajstić information content (AvgIpc) is 2.78. The van der Waals surface area contributed by atoms with Crippen LogP contribution in [-0.4, -0.2) is 56.5 Å². The standard InChI is InChI=1S/C18H28N2O3S/c1-14(2)8-11-20-12-9-15-16(10-13-20)23-17-6-4-5-7-18(17)24(21,22)19(15)3/h4-7,14-16H,8-13H2,1-3H3/t15-,16-/m1/s1. The summed E-state index contributed by atoms with van der Waals surface area (Å²) in [6.07, 6.45) is 2.76. The molecule has 2 heterocycles. The first-order valence-corrected chi connectivity index (χ1v) is 10.3. The minimum absolute atomic E-state index is 0.0857. The Labute approximate surface area is 145 Å². The van der Waals surface area contributed by atoms with Crippen LogP contribution in [0, 0.1) is 5.92 Å². The number of ether oxygens (including phenoxy) is 1. The molecule has 0 spiro atoms. The van der Waals surface area contributed by atoms with Crippen LogP contribution in [0.4, 0.5) is 0 Å². The minimum Gasteiger partial charge on any atom is -0.487 e. The van der Waals surface area contributed by atoms with Gasteiger partial charge in [0.1, 0.15) is 16.7 Å². The zero-order valence-electron chi connectivity index (χ0n) is 14.8. The summed E-state index contributed by atoms with van der Waals surface area (Å²) in [5, 5.41) is 0. The van der Waals surface area contributed by atoms with Gasteiger partial charge in [0, 0.05) is 13.6 Å². The third-order valence-corrected chi connectivity index (χ3v) is 7.10. The fourth-order valence-corrected chi connectivity index (χ4v) is 5.12. The van der Waals surface area contributed by atoms with Gasteiger partial charge < -0.3 is 9.64 Å². The third kappa shape index (κ3) is 3.46. The molecule has 0 aromatic heterocycles. The number of sulfonamides is 1. The van der Waals surface area contributed by atoms with Gasteiger partial charge in [0.25, 0.3) is 0 Å². The molecule has 24 heavy (non-hydrogen) atoms. The molecule has 0 bridgehead atoms. The number of likely N-dealkylation sites (N-methyl/N-ethyl adjacent to an activating group) is 1. The van der Waals surface area contributed by atoms with Crippen molar-refractivity contribution >= 4 is 10.0 Å². The first kappa shape index (κ1) is 17.7. The quantitative estimate of drug-likeness (QED) is 0.839. The number of benzene rings is 1. The first-order chi connectivity index (χ1) is 11.4. The number of fused-ring (bicyclic) bond motifs is 2. The van der Waals surface area contributed by atoms with E-state index in [2.05, 4.69) is 18.7 Å². The van der Waals surface area contributed by atoms with Gasteiger partial charge in [-0.15, -0.1) is 0 Å². The van der Waals surface area contributed by atoms with E-state index in [-0.39, 0.29) is 17.0 Å². The molecule has 0 aliphatic carbocycles. The van der Waals surface area contributed by atoms with Crippen molar-refractivity contribution in [3.8, 4) is 5.75 Å². The summed E-state index contributed by atoms with van der Waals surface area (Å²) < 4.78 is 33.6. The Morgan fingerprint density at radius 3 is 2.67 bits per heavy atom. The molecule has 0 amide bonds. The summed E-state index contributed by atoms with van der Waals surface area (Å²) in [6, 6.07) is 6.89. The summed E-state index contributed by atoms with van der Waals surface area (Å²) in [5.41, 5.74) is 0. The number of likely N-dealkylation sites (tertiary alicyclic amines) is 1. The molecule has 0 unspecified atom stereocenters. The Kier molecular flexibility index (Phi) is 5.18. The van der Waals surface area contributed by atoms with Crippen molar-refractivity contribution in [1.82, 2.24) is 9.21 Å². The number of rotatable bonds is 3. The third-order valence-electron chi connectivity index (χ3n) is 5.17. The molecule has 2 aliphatic heterocycles. The van der Waals surface area contributed by atoms with Gasteiger partial charge in [0.2, 0.25) is 10.0 Å². The van der Waals surface area contributed by atoms with Crippen molar-refractivity contribution in [2.75, 3.05) is 26.7 Å². The Hall–Kier alpha value is -1.11. The highest BCUT2D eigenvalue weighted by Crippen LogP contribution is 2.35. The first-order valence-electron chi connectivity index (χ1n) is 8.85. The molecule has 2 aliphatic rings. The van der Waals surface area contributed by atoms with Crippen LogP contribution in [0.25, 0.3) is 0 Å². The molecule has 1 aromatic rings. The van der Waals surface area contributed by atoms with Gasteiger partial charge in [-0.05, 0) is 50.4 Å². The second kappa shape index (κ2) is 7.02. The van der Waals surface area contributed by atoms with Gasteiger partial charge in [-0.2, -0.15) is 4.31 Å². The maximum absolute atomic E-state index is 12.9. The van der Waals surface area contributed by atoms with Crippen LogP contribution in [-0.2, 0) is 10.0 Å². The van der Waals surface area contributed by atoms with E-state index in [9.17, 15) is 8.42 Å². The zero-order chi connectivity index (χ0) is 17.3. The van der Waals surface area contributed by atoms with Crippen molar-refractivity contribution in [1.29, 1.82) is 0 Å². The highest BCUT2D eigenvalue weighted by Gasteiger charge is 2.41. The topological polar surface area (TPSA) is 49.9 Å². The Morgan fingerprint density at radius 2 is 1.92 bits per heavy atom. The lowest BCUT2D eigenvalue weighted by Gasteiger charge is -2.28. The van der Waals surface area contributed by atoms with E-state index in [4.69, 9.17) is 4.74 Å². The molecule has 2 atom stereocenters. The van der Waals surface area contributed by atoms with E-state index in [1.165, 1.54) is 10.7 Å². The van der Waals surface area contributed by atoms with Gasteiger partial charge in [-0.1, -0.05) is 26.0 Å². The lowest BCUT2D eigenvalue weighted by Crippen LogP contribution is -2.44. The van der Waals surface area contributed by atoms with Crippen molar-refractivity contribution in [2.45, 2.75) is 50.2 Å². The highest BCUT2D eigenvalue weighted by atomic mass is 32.2. The lowest BCUT2D eigenvalue weighted by molar-refractivity contribution is 0.122. The number of para-hydroxylation sites is 1. The second-order valence-electron chi connectivity index (χ2n) is 7.29. The van der Waals surface area contributed by atoms with Crippen molar-refractivity contribution in [3.05, 3.63) is 24.3 Å². The number of nitrogens with zero attached hydrogens (tertiary/aromatic N) is 2. The van der Waals surface area contributed by atoms with Crippen molar-refractivity contribution in [2.24, 2.45) is 5.92 Å². The van der Waals surface area contributed by atoms with Gasteiger partial charge in [-0.25, -0.2) is 8.42 Å². The molecule has 0 radical (unpaired) electrons. The van der Waals surface area contributed by atoms with E-state index in [1.54, 1.807) is 25.2 Å². The molecular weight excluding hydrogens is 324 g/mol. The predicted molar refractivity (Wildman–Crippen MR) is 94.7 cm³/mol. The normalized spacial score (nSPS) is 27.7. The lowest BCUT2D eigenvalue weighted by atomic mass is 10.1. The van der Waals surface area contributed by atoms with E-state index in [0.29, 0.717) is 11.7 Å². The maximum atomic E-state index is 12.9. The van der Waals surface area contributed by atoms with E-state index < -0.39 is 10.0 Å². The van der Waals surface area contributed by atoms with Crippen LogP contribution < -0.4 is 4.74 Å². The van der Waals surface area contributed by atoms with Crippen molar-refractivity contribution < 1.29 is 13.2 Å². The molecule has 0 saturated carbocycles. The smallest absolute Gasteiger partial charge is 0.246 e. The van der Waals surface area contributed by atoms with Crippen LogP contribution in [0.5, 0.6) is 5.75 Å².